The number of methoxy groups -OCH3 is 1. The SMILES string of the molecule is CCOC(=O)CN1C(=O)S/C(=C/c2ccc(OCC(=O)OC)c(I)c2)C1=O. The number of carbonyl (C=O) groups is 4. The fourth-order valence-electron chi connectivity index (χ4n) is 2.04. The molecule has 2 amide bonds. The lowest BCUT2D eigenvalue weighted by atomic mass is 10.2. The van der Waals surface area contributed by atoms with Crippen molar-refractivity contribution < 1.29 is 33.4 Å². The Kier molecular flexibility index (Phi) is 7.66. The summed E-state index contributed by atoms with van der Waals surface area (Å²) in [7, 11) is 1.27. The van der Waals surface area contributed by atoms with Crippen molar-refractivity contribution in [1.82, 2.24) is 4.90 Å². The van der Waals surface area contributed by atoms with E-state index in [4.69, 9.17) is 9.47 Å². The number of nitrogens with zero attached hydrogens (tertiary/aromatic N) is 1. The number of esters is 2. The molecular weight excluding hydrogens is 489 g/mol. The zero-order chi connectivity index (χ0) is 20.0. The Hall–Kier alpha value is -2.08. The van der Waals surface area contributed by atoms with E-state index in [1.807, 2.05) is 22.6 Å². The van der Waals surface area contributed by atoms with E-state index in [0.717, 1.165) is 20.2 Å². The average Bonchev–Trinajstić information content (AvgIpc) is 2.88. The highest BCUT2D eigenvalue weighted by Gasteiger charge is 2.36. The van der Waals surface area contributed by atoms with Crippen LogP contribution >= 0.6 is 34.4 Å². The summed E-state index contributed by atoms with van der Waals surface area (Å²) in [5, 5.41) is -0.521. The Bertz CT molecular complexity index is 808. The van der Waals surface area contributed by atoms with E-state index in [1.165, 1.54) is 7.11 Å². The number of rotatable bonds is 7. The first-order valence-corrected chi connectivity index (χ1v) is 9.65. The second kappa shape index (κ2) is 9.74. The van der Waals surface area contributed by atoms with Gasteiger partial charge in [0.2, 0.25) is 0 Å². The summed E-state index contributed by atoms with van der Waals surface area (Å²) in [5.41, 5.74) is 0.673. The van der Waals surface area contributed by atoms with Gasteiger partial charge in [-0.25, -0.2) is 4.79 Å². The monoisotopic (exact) mass is 505 g/mol. The predicted octanol–water partition coefficient (Wildman–Crippen LogP) is 2.44. The molecule has 8 nitrogen and oxygen atoms in total. The zero-order valence-electron chi connectivity index (χ0n) is 14.5. The molecule has 10 heteroatoms. The summed E-state index contributed by atoms with van der Waals surface area (Å²) >= 11 is 2.79. The van der Waals surface area contributed by atoms with Gasteiger partial charge in [-0.2, -0.15) is 0 Å². The molecule has 144 valence electrons. The largest absolute Gasteiger partial charge is 0.481 e. The average molecular weight is 505 g/mol. The fraction of sp³-hybridized carbons (Fsp3) is 0.294. The Labute approximate surface area is 173 Å². The van der Waals surface area contributed by atoms with Crippen molar-refractivity contribution >= 4 is 63.5 Å². The molecule has 0 spiro atoms. The third-order valence-electron chi connectivity index (χ3n) is 3.29. The van der Waals surface area contributed by atoms with Crippen LogP contribution in [0.4, 0.5) is 4.79 Å². The van der Waals surface area contributed by atoms with Gasteiger partial charge in [-0.15, -0.1) is 0 Å². The van der Waals surface area contributed by atoms with Gasteiger partial charge >= 0.3 is 11.9 Å². The Morgan fingerprint density at radius 1 is 1.26 bits per heavy atom. The third-order valence-corrected chi connectivity index (χ3v) is 5.04. The smallest absolute Gasteiger partial charge is 0.343 e. The molecule has 1 fully saturated rings. The third kappa shape index (κ3) is 5.70. The number of hydrogen-bond acceptors (Lipinski definition) is 8. The first kappa shape index (κ1) is 21.2. The van der Waals surface area contributed by atoms with Gasteiger partial charge in [0, 0.05) is 0 Å². The van der Waals surface area contributed by atoms with Crippen molar-refractivity contribution in [2.75, 3.05) is 26.9 Å². The maximum absolute atomic E-state index is 12.4. The number of imide groups is 1. The highest BCUT2D eigenvalue weighted by Crippen LogP contribution is 2.33. The van der Waals surface area contributed by atoms with Gasteiger partial charge in [-0.05, 0) is 65.0 Å². The van der Waals surface area contributed by atoms with Gasteiger partial charge in [-0.3, -0.25) is 19.3 Å². The van der Waals surface area contributed by atoms with Gasteiger partial charge in [0.1, 0.15) is 12.3 Å². The van der Waals surface area contributed by atoms with Crippen LogP contribution in [-0.4, -0.2) is 54.9 Å². The first-order valence-electron chi connectivity index (χ1n) is 7.75. The second-order valence-electron chi connectivity index (χ2n) is 5.13. The minimum absolute atomic E-state index is 0.174. The van der Waals surface area contributed by atoms with Crippen LogP contribution < -0.4 is 4.74 Å². The number of carbonyl (C=O) groups excluding carboxylic acids is 4. The summed E-state index contributed by atoms with van der Waals surface area (Å²) in [6.45, 7) is 1.20. The van der Waals surface area contributed by atoms with Gasteiger partial charge in [0.15, 0.2) is 6.61 Å². The molecule has 0 aromatic heterocycles. The lowest BCUT2D eigenvalue weighted by Crippen LogP contribution is -2.34. The van der Waals surface area contributed by atoms with E-state index in [-0.39, 0.29) is 18.1 Å². The molecule has 0 aliphatic carbocycles. The van der Waals surface area contributed by atoms with Crippen molar-refractivity contribution in [3.05, 3.63) is 32.2 Å². The molecule has 1 aromatic carbocycles. The Morgan fingerprint density at radius 2 is 2.00 bits per heavy atom. The predicted molar refractivity (Wildman–Crippen MR) is 106 cm³/mol. The van der Waals surface area contributed by atoms with Crippen LogP contribution in [0, 0.1) is 3.57 Å². The van der Waals surface area contributed by atoms with Gasteiger partial charge < -0.3 is 14.2 Å². The van der Waals surface area contributed by atoms with Crippen molar-refractivity contribution in [2.45, 2.75) is 6.92 Å². The summed E-state index contributed by atoms with van der Waals surface area (Å²) in [6.07, 6.45) is 1.56. The first-order chi connectivity index (χ1) is 12.8. The minimum atomic E-state index is -0.636. The topological polar surface area (TPSA) is 99.2 Å². The van der Waals surface area contributed by atoms with E-state index in [2.05, 4.69) is 4.74 Å². The number of amides is 2. The van der Waals surface area contributed by atoms with E-state index in [1.54, 1.807) is 31.2 Å². The normalized spacial score (nSPS) is 15.2. The van der Waals surface area contributed by atoms with E-state index in [0.29, 0.717) is 11.3 Å². The van der Waals surface area contributed by atoms with Crippen molar-refractivity contribution in [3.8, 4) is 5.75 Å². The van der Waals surface area contributed by atoms with Gasteiger partial charge in [-0.1, -0.05) is 6.07 Å². The van der Waals surface area contributed by atoms with Crippen molar-refractivity contribution in [1.29, 1.82) is 0 Å². The van der Waals surface area contributed by atoms with Crippen LogP contribution in [0.5, 0.6) is 5.75 Å². The number of thioether (sulfide) groups is 1. The molecule has 0 N–H and O–H groups in total. The summed E-state index contributed by atoms with van der Waals surface area (Å²) in [5.74, 6) is -1.18. The molecule has 1 aliphatic heterocycles. The second-order valence-corrected chi connectivity index (χ2v) is 7.28. The number of halogens is 1. The molecular formula is C17H16INO7S. The van der Waals surface area contributed by atoms with Crippen molar-refractivity contribution in [3.63, 3.8) is 0 Å². The van der Waals surface area contributed by atoms with Crippen LogP contribution in [0.25, 0.3) is 6.08 Å². The van der Waals surface area contributed by atoms with Crippen LogP contribution in [0.2, 0.25) is 0 Å². The number of benzene rings is 1. The van der Waals surface area contributed by atoms with Crippen LogP contribution in [0.3, 0.4) is 0 Å². The summed E-state index contributed by atoms with van der Waals surface area (Å²) in [4.78, 5) is 48.1. The van der Waals surface area contributed by atoms with E-state index in [9.17, 15) is 19.2 Å². The minimum Gasteiger partial charge on any atom is -0.481 e. The molecule has 2 rings (SSSR count). The van der Waals surface area contributed by atoms with Gasteiger partial charge in [0.25, 0.3) is 11.1 Å². The van der Waals surface area contributed by atoms with Crippen LogP contribution in [0.1, 0.15) is 12.5 Å². The summed E-state index contributed by atoms with van der Waals surface area (Å²) in [6, 6.07) is 5.08. The lowest BCUT2D eigenvalue weighted by molar-refractivity contribution is -0.146. The standard InChI is InChI=1S/C17H16INO7S/c1-3-25-14(20)8-19-16(22)13(27-17(19)23)7-10-4-5-12(11(18)6-10)26-9-15(21)24-2/h4-7H,3,8-9H2,1-2H3/b13-7+. The molecule has 1 aliphatic rings. The quantitative estimate of drug-likeness (QED) is 0.317. The Morgan fingerprint density at radius 3 is 2.63 bits per heavy atom. The molecule has 0 radical (unpaired) electrons. The molecule has 0 unspecified atom stereocenters. The maximum atomic E-state index is 12.4. The number of hydrogen-bond donors (Lipinski definition) is 0. The highest BCUT2D eigenvalue weighted by atomic mass is 127. The van der Waals surface area contributed by atoms with Crippen LogP contribution in [-0.2, 0) is 23.9 Å². The van der Waals surface area contributed by atoms with Crippen LogP contribution in [0.15, 0.2) is 23.1 Å². The lowest BCUT2D eigenvalue weighted by Gasteiger charge is -2.10. The molecule has 0 bridgehead atoms. The maximum Gasteiger partial charge on any atom is 0.343 e. The molecule has 1 saturated heterocycles. The Balaban J connectivity index is 2.10. The molecule has 0 saturated carbocycles. The fourth-order valence-corrected chi connectivity index (χ4v) is 3.58. The van der Waals surface area contributed by atoms with Crippen molar-refractivity contribution in [2.24, 2.45) is 0 Å². The molecule has 1 aromatic rings. The molecule has 1 heterocycles. The summed E-state index contributed by atoms with van der Waals surface area (Å²) < 4.78 is 15.3. The van der Waals surface area contributed by atoms with Gasteiger partial charge in [0.05, 0.1) is 22.2 Å². The number of ether oxygens (including phenoxy) is 3. The zero-order valence-corrected chi connectivity index (χ0v) is 17.5. The highest BCUT2D eigenvalue weighted by molar-refractivity contribution is 14.1. The molecule has 27 heavy (non-hydrogen) atoms. The van der Waals surface area contributed by atoms with E-state index < -0.39 is 29.6 Å². The van der Waals surface area contributed by atoms with E-state index >= 15 is 0 Å². The molecule has 0 atom stereocenters.